The molecule has 0 saturated heterocycles. The Morgan fingerprint density at radius 3 is 2.37 bits per heavy atom. The molecule has 0 spiro atoms. The molecule has 1 unspecified atom stereocenters. The number of nitrogens with one attached hydrogen (secondary N) is 2. The van der Waals surface area contributed by atoms with Gasteiger partial charge in [0.1, 0.15) is 11.5 Å². The van der Waals surface area contributed by atoms with Crippen LogP contribution in [0.4, 0.5) is 0 Å². The van der Waals surface area contributed by atoms with Gasteiger partial charge in [0.25, 0.3) is 0 Å². The van der Waals surface area contributed by atoms with Gasteiger partial charge in [-0.1, -0.05) is 44.2 Å². The van der Waals surface area contributed by atoms with Crippen LogP contribution in [0.2, 0.25) is 0 Å². The summed E-state index contributed by atoms with van der Waals surface area (Å²) in [6.07, 6.45) is -0.772. The molecule has 0 aliphatic rings. The number of hydrogen-bond acceptors (Lipinski definition) is 4. The predicted molar refractivity (Wildman–Crippen MR) is 133 cm³/mol. The summed E-state index contributed by atoms with van der Waals surface area (Å²) < 4.78 is 10.6. The van der Waals surface area contributed by atoms with E-state index in [1.54, 1.807) is 32.4 Å². The van der Waals surface area contributed by atoms with Crippen molar-refractivity contribution in [2.45, 2.75) is 32.3 Å². The van der Waals surface area contributed by atoms with E-state index in [2.05, 4.69) is 36.6 Å². The third-order valence-corrected chi connectivity index (χ3v) is 4.79. The van der Waals surface area contributed by atoms with Crippen LogP contribution in [0.1, 0.15) is 38.0 Å². The lowest BCUT2D eigenvalue weighted by Gasteiger charge is -2.24. The Morgan fingerprint density at radius 2 is 1.77 bits per heavy atom. The van der Waals surface area contributed by atoms with Crippen LogP contribution in [0, 0.1) is 0 Å². The molecule has 0 bridgehead atoms. The highest BCUT2D eigenvalue weighted by Gasteiger charge is 2.20. The van der Waals surface area contributed by atoms with E-state index >= 15 is 0 Å². The zero-order valence-electron chi connectivity index (χ0n) is 18.4. The minimum atomic E-state index is -0.772. The smallest absolute Gasteiger partial charge is 0.191 e. The van der Waals surface area contributed by atoms with Crippen LogP contribution in [0.25, 0.3) is 0 Å². The Bertz CT molecular complexity index is 798. The zero-order chi connectivity index (χ0) is 21.3. The molecule has 0 heterocycles. The van der Waals surface area contributed by atoms with E-state index < -0.39 is 6.10 Å². The molecule has 2 rings (SSSR count). The van der Waals surface area contributed by atoms with E-state index in [-0.39, 0.29) is 29.4 Å². The summed E-state index contributed by atoms with van der Waals surface area (Å²) in [6, 6.07) is 15.7. The van der Waals surface area contributed by atoms with Crippen LogP contribution >= 0.6 is 24.0 Å². The third kappa shape index (κ3) is 7.36. The number of benzene rings is 2. The highest BCUT2D eigenvalue weighted by atomic mass is 127. The second-order valence-corrected chi connectivity index (χ2v) is 7.45. The summed E-state index contributed by atoms with van der Waals surface area (Å²) in [4.78, 5) is 4.73. The number of aliphatic imine (C=N–C) groups is 1. The second-order valence-electron chi connectivity index (χ2n) is 7.45. The van der Waals surface area contributed by atoms with E-state index in [9.17, 15) is 5.11 Å². The number of aliphatic hydroxyl groups is 1. The highest BCUT2D eigenvalue weighted by Crippen LogP contribution is 2.29. The summed E-state index contributed by atoms with van der Waals surface area (Å²) in [6.45, 7) is 8.00. The Morgan fingerprint density at radius 1 is 1.07 bits per heavy atom. The molecule has 0 radical (unpaired) electrons. The molecule has 2 aromatic carbocycles. The van der Waals surface area contributed by atoms with Crippen molar-refractivity contribution < 1.29 is 14.6 Å². The summed E-state index contributed by atoms with van der Waals surface area (Å²) in [7, 11) is 3.18. The highest BCUT2D eigenvalue weighted by molar-refractivity contribution is 14.0. The van der Waals surface area contributed by atoms with Crippen LogP contribution in [-0.2, 0) is 5.41 Å². The molecule has 7 heteroatoms. The number of halogens is 1. The molecular formula is C23H34IN3O3. The van der Waals surface area contributed by atoms with E-state index in [0.717, 1.165) is 6.54 Å². The van der Waals surface area contributed by atoms with Crippen LogP contribution in [0.3, 0.4) is 0 Å². The number of guanidine groups is 1. The van der Waals surface area contributed by atoms with Crippen molar-refractivity contribution in [3.05, 3.63) is 59.7 Å². The van der Waals surface area contributed by atoms with Gasteiger partial charge in [0.05, 0.1) is 26.9 Å². The average molecular weight is 527 g/mol. The van der Waals surface area contributed by atoms with Gasteiger partial charge in [-0.3, -0.25) is 4.99 Å². The Kier molecular flexibility index (Phi) is 11.0. The number of rotatable bonds is 9. The van der Waals surface area contributed by atoms with Crippen LogP contribution < -0.4 is 20.1 Å². The van der Waals surface area contributed by atoms with Crippen molar-refractivity contribution in [1.29, 1.82) is 0 Å². The lowest BCUT2D eigenvalue weighted by atomic mass is 9.85. The molecular weight excluding hydrogens is 493 g/mol. The number of hydrogen-bond donors (Lipinski definition) is 3. The molecule has 0 aliphatic carbocycles. The maximum atomic E-state index is 10.7. The van der Waals surface area contributed by atoms with Gasteiger partial charge in [-0.25, -0.2) is 0 Å². The van der Waals surface area contributed by atoms with Gasteiger partial charge in [0.2, 0.25) is 0 Å². The molecule has 0 fully saturated rings. The largest absolute Gasteiger partial charge is 0.497 e. The summed E-state index contributed by atoms with van der Waals surface area (Å²) in [5, 5.41) is 17.2. The lowest BCUT2D eigenvalue weighted by Crippen LogP contribution is -2.40. The first-order valence-corrected chi connectivity index (χ1v) is 9.89. The van der Waals surface area contributed by atoms with Gasteiger partial charge in [0, 0.05) is 24.1 Å². The van der Waals surface area contributed by atoms with Crippen molar-refractivity contribution in [2.24, 2.45) is 4.99 Å². The van der Waals surface area contributed by atoms with Crippen molar-refractivity contribution >= 4 is 29.9 Å². The molecule has 0 saturated carbocycles. The predicted octanol–water partition coefficient (Wildman–Crippen LogP) is 3.89. The van der Waals surface area contributed by atoms with Gasteiger partial charge in [-0.15, -0.1) is 24.0 Å². The number of nitrogens with zero attached hydrogens (tertiary/aromatic N) is 1. The fraction of sp³-hybridized carbons (Fsp3) is 0.435. The summed E-state index contributed by atoms with van der Waals surface area (Å²) >= 11 is 0. The number of methoxy groups -OCH3 is 2. The first kappa shape index (κ1) is 26.0. The van der Waals surface area contributed by atoms with E-state index in [1.165, 1.54) is 5.56 Å². The van der Waals surface area contributed by atoms with Gasteiger partial charge in [-0.05, 0) is 30.7 Å². The Hall–Kier alpha value is -2.00. The topological polar surface area (TPSA) is 75.1 Å². The Balaban J connectivity index is 0.00000450. The molecule has 0 aliphatic heterocycles. The van der Waals surface area contributed by atoms with Crippen LogP contribution in [0.15, 0.2) is 53.5 Å². The molecule has 0 aromatic heterocycles. The monoisotopic (exact) mass is 527 g/mol. The third-order valence-electron chi connectivity index (χ3n) is 4.79. The molecule has 166 valence electrons. The van der Waals surface area contributed by atoms with Crippen molar-refractivity contribution in [2.75, 3.05) is 33.9 Å². The minimum absolute atomic E-state index is 0. The van der Waals surface area contributed by atoms with E-state index in [4.69, 9.17) is 14.5 Å². The summed E-state index contributed by atoms with van der Waals surface area (Å²) in [5.41, 5.74) is 1.80. The van der Waals surface area contributed by atoms with Crippen LogP contribution in [-0.4, -0.2) is 44.9 Å². The average Bonchev–Trinajstić information content (AvgIpc) is 2.75. The molecule has 30 heavy (non-hydrogen) atoms. The SMILES string of the molecule is CCNC(=NCC(C)(C)c1ccccc1)NCC(O)c1cc(OC)ccc1OC.I. The molecule has 1 atom stereocenters. The fourth-order valence-electron chi connectivity index (χ4n) is 3.00. The summed E-state index contributed by atoms with van der Waals surface area (Å²) in [5.74, 6) is 1.95. The lowest BCUT2D eigenvalue weighted by molar-refractivity contribution is 0.176. The van der Waals surface area contributed by atoms with Crippen LogP contribution in [0.5, 0.6) is 11.5 Å². The van der Waals surface area contributed by atoms with E-state index in [1.807, 2.05) is 25.1 Å². The standard InChI is InChI=1S/C23H33N3O3.HI/c1-6-24-22(26-16-23(2,3)17-10-8-7-9-11-17)25-15-20(27)19-14-18(28-4)12-13-21(19)29-5;/h7-14,20,27H,6,15-16H2,1-5H3,(H2,24,25,26);1H. The first-order chi connectivity index (χ1) is 13.9. The van der Waals surface area contributed by atoms with Gasteiger partial charge in [-0.2, -0.15) is 0 Å². The molecule has 3 N–H and O–H groups in total. The molecule has 0 amide bonds. The zero-order valence-corrected chi connectivity index (χ0v) is 20.8. The first-order valence-electron chi connectivity index (χ1n) is 9.89. The number of aliphatic hydroxyl groups excluding tert-OH is 1. The van der Waals surface area contributed by atoms with Crippen molar-refractivity contribution in [3.63, 3.8) is 0 Å². The van der Waals surface area contributed by atoms with Crippen molar-refractivity contribution in [1.82, 2.24) is 10.6 Å². The maximum absolute atomic E-state index is 10.7. The van der Waals surface area contributed by atoms with Gasteiger partial charge < -0.3 is 25.2 Å². The second kappa shape index (κ2) is 12.6. The maximum Gasteiger partial charge on any atom is 0.191 e. The van der Waals surface area contributed by atoms with Crippen molar-refractivity contribution in [3.8, 4) is 11.5 Å². The Labute approximate surface area is 197 Å². The quantitative estimate of drug-likeness (QED) is 0.262. The molecule has 2 aromatic rings. The normalized spacial score (nSPS) is 12.5. The number of ether oxygens (including phenoxy) is 2. The minimum Gasteiger partial charge on any atom is -0.497 e. The van der Waals surface area contributed by atoms with Gasteiger partial charge >= 0.3 is 0 Å². The fourth-order valence-corrected chi connectivity index (χ4v) is 3.00. The van der Waals surface area contributed by atoms with E-state index in [0.29, 0.717) is 36.1 Å². The molecule has 6 nitrogen and oxygen atoms in total. The van der Waals surface area contributed by atoms with Gasteiger partial charge in [0.15, 0.2) is 5.96 Å².